The number of nitriles is 1. The van der Waals surface area contributed by atoms with E-state index < -0.39 is 71.8 Å². The van der Waals surface area contributed by atoms with Gasteiger partial charge in [0.15, 0.2) is 5.60 Å². The summed E-state index contributed by atoms with van der Waals surface area (Å²) in [5.41, 5.74) is -8.78. The van der Waals surface area contributed by atoms with Crippen LogP contribution in [0.4, 0.5) is 30.7 Å². The molecule has 1 amide bonds. The van der Waals surface area contributed by atoms with Crippen molar-refractivity contribution in [1.29, 1.82) is 5.26 Å². The van der Waals surface area contributed by atoms with Crippen molar-refractivity contribution < 1.29 is 40.6 Å². The zero-order valence-corrected chi connectivity index (χ0v) is 23.2. The lowest BCUT2D eigenvalue weighted by Crippen LogP contribution is -2.70. The van der Waals surface area contributed by atoms with Crippen molar-refractivity contribution >= 4 is 11.5 Å². The van der Waals surface area contributed by atoms with Crippen molar-refractivity contribution in [3.05, 3.63) is 53.6 Å². The molecule has 1 saturated carbocycles. The first kappa shape index (κ1) is 32.6. The molecule has 2 aliphatic rings. The van der Waals surface area contributed by atoms with Gasteiger partial charge in [-0.2, -0.15) is 31.6 Å². The predicted molar refractivity (Wildman–Crippen MR) is 139 cm³/mol. The molecule has 1 aromatic rings. The third-order valence-electron chi connectivity index (χ3n) is 7.86. The number of hydrogen-bond donors (Lipinski definition) is 3. The van der Waals surface area contributed by atoms with Crippen molar-refractivity contribution in [1.82, 2.24) is 10.6 Å². The van der Waals surface area contributed by atoms with Crippen LogP contribution in [0.25, 0.3) is 5.57 Å². The maximum atomic E-state index is 14.9. The molecule has 3 N–H and O–H groups in total. The van der Waals surface area contributed by atoms with Crippen LogP contribution in [0.3, 0.4) is 0 Å². The fourth-order valence-electron chi connectivity index (χ4n) is 5.41. The summed E-state index contributed by atoms with van der Waals surface area (Å²) in [5, 5.41) is 24.8. The van der Waals surface area contributed by atoms with E-state index in [-0.39, 0.29) is 12.8 Å². The Bertz CT molecular complexity index is 1240. The van der Waals surface area contributed by atoms with Gasteiger partial charge in [0.2, 0.25) is 5.91 Å². The van der Waals surface area contributed by atoms with E-state index in [4.69, 9.17) is 0 Å². The minimum atomic E-state index is -5.51. The Labute approximate surface area is 234 Å². The summed E-state index contributed by atoms with van der Waals surface area (Å²) in [4.78, 5) is 13.1. The van der Waals surface area contributed by atoms with E-state index in [0.717, 1.165) is 32.4 Å². The molecule has 0 bridgehead atoms. The number of aryl methyl sites for hydroxylation is 1. The Morgan fingerprint density at radius 3 is 2.20 bits per heavy atom. The summed E-state index contributed by atoms with van der Waals surface area (Å²) in [6.45, 7) is 4.73. The quantitative estimate of drug-likeness (QED) is 0.283. The van der Waals surface area contributed by atoms with Crippen LogP contribution in [-0.4, -0.2) is 52.3 Å². The summed E-state index contributed by atoms with van der Waals surface area (Å²) in [7, 11) is 0. The number of hydrogen-bond acceptors (Lipinski definition) is 4. The summed E-state index contributed by atoms with van der Waals surface area (Å²) in [6, 6.07) is 3.57. The average molecular weight is 590 g/mol. The highest BCUT2D eigenvalue weighted by Crippen LogP contribution is 2.56. The first-order chi connectivity index (χ1) is 18.7. The lowest BCUT2D eigenvalue weighted by Gasteiger charge is -2.52. The summed E-state index contributed by atoms with van der Waals surface area (Å²) >= 11 is 0. The third kappa shape index (κ3) is 6.78. The van der Waals surface area contributed by atoms with Crippen LogP contribution in [0, 0.1) is 23.7 Å². The van der Waals surface area contributed by atoms with Gasteiger partial charge >= 0.3 is 12.4 Å². The van der Waals surface area contributed by atoms with E-state index in [0.29, 0.717) is 17.2 Å². The second-order valence-electron chi connectivity index (χ2n) is 11.6. The zero-order chi connectivity index (χ0) is 31.1. The summed E-state index contributed by atoms with van der Waals surface area (Å²) < 4.78 is 103. The van der Waals surface area contributed by atoms with Gasteiger partial charge < -0.3 is 10.4 Å². The van der Waals surface area contributed by atoms with Gasteiger partial charge in [-0.15, -0.1) is 0 Å². The molecular weight excluding hydrogens is 555 g/mol. The van der Waals surface area contributed by atoms with Crippen molar-refractivity contribution in [2.24, 2.45) is 5.41 Å². The molecule has 5 nitrogen and oxygen atoms in total. The van der Waals surface area contributed by atoms with Gasteiger partial charge in [0.05, 0.1) is 17.5 Å². The Balaban J connectivity index is 2.15. The molecule has 0 radical (unpaired) electrons. The minimum Gasteiger partial charge on any atom is -0.380 e. The smallest absolute Gasteiger partial charge is 0.380 e. The van der Waals surface area contributed by atoms with Crippen molar-refractivity contribution in [2.45, 2.75) is 101 Å². The van der Waals surface area contributed by atoms with Gasteiger partial charge in [0, 0.05) is 6.42 Å². The van der Waals surface area contributed by atoms with E-state index in [1.807, 2.05) is 11.4 Å². The topological polar surface area (TPSA) is 85.2 Å². The molecule has 1 aromatic carbocycles. The number of aliphatic hydroxyl groups is 1. The zero-order valence-electron chi connectivity index (χ0n) is 23.2. The molecule has 1 fully saturated rings. The van der Waals surface area contributed by atoms with Gasteiger partial charge in [0.25, 0.3) is 0 Å². The Morgan fingerprint density at radius 2 is 1.78 bits per heavy atom. The standard InChI is InChI=1S/C29H34F7N3O2/c1-5-27(41,29(34,35)36)26(11-9-19(10-12-26)20-8-6-7-18(2)15-20)23(28(31,32)33)38-21(16-24(3,4)30)22(40)39-25(17-37)13-14-25/h6-11,15,21,23,38,41H,5,12-14,16H2,1-4H3,(H,39,40)/t21-,23?,26?,27-/m0/s1. The first-order valence-corrected chi connectivity index (χ1v) is 13.2. The fraction of sp³-hybridized carbons (Fsp3) is 0.586. The Kier molecular flexibility index (Phi) is 8.79. The fourth-order valence-corrected chi connectivity index (χ4v) is 5.41. The predicted octanol–water partition coefficient (Wildman–Crippen LogP) is 6.23. The minimum absolute atomic E-state index is 0.229. The maximum absolute atomic E-state index is 14.9. The molecule has 41 heavy (non-hydrogen) atoms. The molecule has 2 aliphatic carbocycles. The highest BCUT2D eigenvalue weighted by Gasteiger charge is 2.71. The highest BCUT2D eigenvalue weighted by molar-refractivity contribution is 5.83. The van der Waals surface area contributed by atoms with E-state index in [2.05, 4.69) is 5.32 Å². The third-order valence-corrected chi connectivity index (χ3v) is 7.86. The van der Waals surface area contributed by atoms with E-state index in [1.165, 1.54) is 6.08 Å². The maximum Gasteiger partial charge on any atom is 0.418 e. The number of allylic oxidation sites excluding steroid dienone is 3. The lowest BCUT2D eigenvalue weighted by atomic mass is 9.60. The molecule has 0 aliphatic heterocycles. The number of nitrogens with zero attached hydrogens (tertiary/aromatic N) is 1. The van der Waals surface area contributed by atoms with E-state index >= 15 is 0 Å². The van der Waals surface area contributed by atoms with Gasteiger partial charge in [-0.05, 0) is 57.6 Å². The van der Waals surface area contributed by atoms with Crippen molar-refractivity contribution in [3.63, 3.8) is 0 Å². The molecular formula is C29H34F7N3O2. The monoisotopic (exact) mass is 589 g/mol. The summed E-state index contributed by atoms with van der Waals surface area (Å²) in [5.74, 6) is -1.15. The molecule has 0 aromatic heterocycles. The molecule has 0 saturated heterocycles. The number of amides is 1. The van der Waals surface area contributed by atoms with E-state index in [1.54, 1.807) is 31.2 Å². The second-order valence-corrected chi connectivity index (χ2v) is 11.6. The average Bonchev–Trinajstić information content (AvgIpc) is 3.63. The van der Waals surface area contributed by atoms with Crippen LogP contribution in [-0.2, 0) is 4.79 Å². The number of benzene rings is 1. The van der Waals surface area contributed by atoms with Gasteiger partial charge in [0.1, 0.15) is 17.2 Å². The Hall–Kier alpha value is -2.91. The van der Waals surface area contributed by atoms with Crippen LogP contribution in [0.15, 0.2) is 42.5 Å². The van der Waals surface area contributed by atoms with Crippen molar-refractivity contribution in [3.8, 4) is 6.07 Å². The normalized spacial score (nSPS) is 23.5. The van der Waals surface area contributed by atoms with Gasteiger partial charge in [-0.3, -0.25) is 10.1 Å². The summed E-state index contributed by atoms with van der Waals surface area (Å²) in [6.07, 6.45) is -10.3. The van der Waals surface area contributed by atoms with Gasteiger partial charge in [-0.1, -0.05) is 55.0 Å². The number of carbonyl (C=O) groups is 1. The first-order valence-electron chi connectivity index (χ1n) is 13.2. The Morgan fingerprint density at radius 1 is 1.15 bits per heavy atom. The molecule has 2 unspecified atom stereocenters. The molecule has 226 valence electrons. The number of carbonyl (C=O) groups excluding carboxylic acids is 1. The molecule has 0 heterocycles. The van der Waals surface area contributed by atoms with Crippen LogP contribution >= 0.6 is 0 Å². The van der Waals surface area contributed by atoms with Crippen LogP contribution in [0.5, 0.6) is 0 Å². The van der Waals surface area contributed by atoms with Crippen LogP contribution in [0.2, 0.25) is 0 Å². The van der Waals surface area contributed by atoms with Crippen LogP contribution < -0.4 is 10.6 Å². The van der Waals surface area contributed by atoms with E-state index in [9.17, 15) is 45.9 Å². The molecule has 12 heteroatoms. The van der Waals surface area contributed by atoms with Gasteiger partial charge in [-0.25, -0.2) is 4.39 Å². The SMILES string of the molecule is CC[C@@](O)(C(F)(F)F)C1(C(N[C@@H](CC(C)(C)F)C(=O)NC2(C#N)CC2)C(F)(F)F)C=CC(c2cccc(C)c2)=CC1. The largest absolute Gasteiger partial charge is 0.418 e. The molecule has 3 rings (SSSR count). The van der Waals surface area contributed by atoms with Crippen molar-refractivity contribution in [2.75, 3.05) is 0 Å². The second kappa shape index (κ2) is 11.1. The number of rotatable bonds is 10. The van der Waals surface area contributed by atoms with Crippen LogP contribution in [0.1, 0.15) is 64.0 Å². The number of nitrogens with one attached hydrogen (secondary N) is 2. The lowest BCUT2D eigenvalue weighted by molar-refractivity contribution is -0.315. The highest BCUT2D eigenvalue weighted by atomic mass is 19.4. The number of halogens is 7. The number of alkyl halides is 7. The molecule has 4 atom stereocenters. The molecule has 0 spiro atoms.